The van der Waals surface area contributed by atoms with Crippen molar-refractivity contribution in [2.75, 3.05) is 6.61 Å². The van der Waals surface area contributed by atoms with Crippen LogP contribution in [0.1, 0.15) is 55.8 Å². The Hall–Kier alpha value is -1.84. The molecule has 3 aliphatic rings. The smallest absolute Gasteiger partial charge is 0.313 e. The molecule has 2 heterocycles. The maximum atomic E-state index is 12.9. The van der Waals surface area contributed by atoms with Gasteiger partial charge in [0.15, 0.2) is 5.78 Å². The number of rotatable bonds is 3. The zero-order valence-corrected chi connectivity index (χ0v) is 14.2. The van der Waals surface area contributed by atoms with E-state index in [1.165, 1.54) is 12.5 Å². The number of esters is 1. The average Bonchev–Trinajstić information content (AvgIpc) is 3.09. The molecule has 0 N–H and O–H groups in total. The Balaban J connectivity index is 1.72. The molecule has 1 aromatic heterocycles. The molecule has 4 rings (SSSR count). The van der Waals surface area contributed by atoms with E-state index in [0.29, 0.717) is 24.5 Å². The first-order chi connectivity index (χ1) is 11.5. The third-order valence-corrected chi connectivity index (χ3v) is 6.82. The standard InChI is InChI=1S/C20H24O4/c1-13-4-5-17-19(2)7-3-8-20(17,18(22)24-12-19)15(13)10-16(21)14-6-9-23-11-14/h6,9,11,15,17H,1,3-5,7-8,10,12H2,2H3/t15-,17-,19+,20-/m1/s1. The summed E-state index contributed by atoms with van der Waals surface area (Å²) < 4.78 is 10.7. The highest BCUT2D eigenvalue weighted by molar-refractivity contribution is 5.96. The molecule has 0 amide bonds. The molecule has 0 radical (unpaired) electrons. The minimum absolute atomic E-state index is 0.0237. The van der Waals surface area contributed by atoms with Crippen molar-refractivity contribution >= 4 is 11.8 Å². The van der Waals surface area contributed by atoms with E-state index < -0.39 is 5.41 Å². The summed E-state index contributed by atoms with van der Waals surface area (Å²) in [5, 5.41) is 0. The first kappa shape index (κ1) is 15.7. The van der Waals surface area contributed by atoms with Crippen molar-refractivity contribution in [3.8, 4) is 0 Å². The van der Waals surface area contributed by atoms with Gasteiger partial charge in [-0.2, -0.15) is 0 Å². The molecule has 2 bridgehead atoms. The lowest BCUT2D eigenvalue weighted by molar-refractivity contribution is -0.207. The highest BCUT2D eigenvalue weighted by Crippen LogP contribution is 2.64. The van der Waals surface area contributed by atoms with Crippen LogP contribution in [0, 0.1) is 22.7 Å². The lowest BCUT2D eigenvalue weighted by Crippen LogP contribution is -2.62. The summed E-state index contributed by atoms with van der Waals surface area (Å²) in [5.41, 5.74) is 1.10. The fraction of sp³-hybridized carbons (Fsp3) is 0.600. The first-order valence-corrected chi connectivity index (χ1v) is 8.88. The predicted octanol–water partition coefficient (Wildman–Crippen LogP) is 4.17. The second-order valence-electron chi connectivity index (χ2n) is 8.07. The monoisotopic (exact) mass is 328 g/mol. The van der Waals surface area contributed by atoms with Crippen LogP contribution in [-0.4, -0.2) is 18.4 Å². The van der Waals surface area contributed by atoms with Crippen molar-refractivity contribution in [3.63, 3.8) is 0 Å². The Labute approximate surface area is 142 Å². The lowest BCUT2D eigenvalue weighted by Gasteiger charge is -2.60. The number of furan rings is 1. The molecule has 2 aliphatic carbocycles. The SMILES string of the molecule is C=C1CC[C@@H]2[C@@]3(C)CCC[C@@]2(C(=O)OC3)[C@@H]1CC(=O)c1ccoc1. The van der Waals surface area contributed by atoms with Gasteiger partial charge < -0.3 is 9.15 Å². The maximum Gasteiger partial charge on any atom is 0.313 e. The van der Waals surface area contributed by atoms with Crippen LogP contribution in [0.5, 0.6) is 0 Å². The molecular formula is C20H24O4. The van der Waals surface area contributed by atoms with Crippen LogP contribution >= 0.6 is 0 Å². The van der Waals surface area contributed by atoms with Crippen LogP contribution in [0.15, 0.2) is 35.2 Å². The second kappa shape index (κ2) is 5.33. The molecule has 4 atom stereocenters. The minimum Gasteiger partial charge on any atom is -0.472 e. The number of allylic oxidation sites excluding steroid dienone is 1. The molecule has 1 aliphatic heterocycles. The topological polar surface area (TPSA) is 56.5 Å². The fourth-order valence-electron chi connectivity index (χ4n) is 5.62. The fourth-order valence-corrected chi connectivity index (χ4v) is 5.62. The quantitative estimate of drug-likeness (QED) is 0.475. The van der Waals surface area contributed by atoms with E-state index in [1.807, 2.05) is 0 Å². The van der Waals surface area contributed by atoms with Gasteiger partial charge in [-0.15, -0.1) is 0 Å². The number of carbonyl (C=O) groups is 2. The Morgan fingerprint density at radius 2 is 2.25 bits per heavy atom. The molecule has 0 aromatic carbocycles. The number of Topliss-reactive ketones (excluding diaryl/α,β-unsaturated/α-hetero) is 1. The van der Waals surface area contributed by atoms with Gasteiger partial charge in [0.05, 0.1) is 23.8 Å². The van der Waals surface area contributed by atoms with Crippen LogP contribution in [-0.2, 0) is 9.53 Å². The summed E-state index contributed by atoms with van der Waals surface area (Å²) in [7, 11) is 0. The van der Waals surface area contributed by atoms with E-state index in [-0.39, 0.29) is 23.1 Å². The number of ketones is 1. The zero-order chi connectivity index (χ0) is 16.9. The lowest BCUT2D eigenvalue weighted by atomic mass is 9.45. The molecule has 1 saturated heterocycles. The Morgan fingerprint density at radius 1 is 1.42 bits per heavy atom. The van der Waals surface area contributed by atoms with Gasteiger partial charge in [-0.1, -0.05) is 25.5 Å². The predicted molar refractivity (Wildman–Crippen MR) is 88.4 cm³/mol. The van der Waals surface area contributed by atoms with E-state index in [1.54, 1.807) is 6.07 Å². The van der Waals surface area contributed by atoms with Crippen molar-refractivity contribution in [1.82, 2.24) is 0 Å². The van der Waals surface area contributed by atoms with Crippen molar-refractivity contribution in [2.45, 2.75) is 45.4 Å². The molecule has 2 saturated carbocycles. The van der Waals surface area contributed by atoms with E-state index in [0.717, 1.165) is 37.7 Å². The third kappa shape index (κ3) is 2.04. The largest absolute Gasteiger partial charge is 0.472 e. The van der Waals surface area contributed by atoms with Gasteiger partial charge in [0, 0.05) is 17.8 Å². The summed E-state index contributed by atoms with van der Waals surface area (Å²) in [6.07, 6.45) is 8.13. The van der Waals surface area contributed by atoms with E-state index >= 15 is 0 Å². The van der Waals surface area contributed by atoms with Crippen LogP contribution in [0.2, 0.25) is 0 Å². The van der Waals surface area contributed by atoms with Crippen molar-refractivity contribution in [3.05, 3.63) is 36.3 Å². The Kier molecular flexibility index (Phi) is 3.48. The van der Waals surface area contributed by atoms with E-state index in [4.69, 9.17) is 9.15 Å². The third-order valence-electron chi connectivity index (χ3n) is 6.82. The summed E-state index contributed by atoms with van der Waals surface area (Å²) in [6.45, 7) is 7.01. The molecular weight excluding hydrogens is 304 g/mol. The van der Waals surface area contributed by atoms with Gasteiger partial charge >= 0.3 is 5.97 Å². The summed E-state index contributed by atoms with van der Waals surface area (Å²) in [4.78, 5) is 25.6. The minimum atomic E-state index is -0.556. The number of ether oxygens (including phenoxy) is 1. The van der Waals surface area contributed by atoms with E-state index in [9.17, 15) is 9.59 Å². The van der Waals surface area contributed by atoms with Gasteiger partial charge in [-0.25, -0.2) is 0 Å². The van der Waals surface area contributed by atoms with Crippen LogP contribution < -0.4 is 0 Å². The van der Waals surface area contributed by atoms with E-state index in [2.05, 4.69) is 13.5 Å². The number of cyclic esters (lactones) is 1. The number of hydrogen-bond donors (Lipinski definition) is 0. The Morgan fingerprint density at radius 3 is 3.00 bits per heavy atom. The van der Waals surface area contributed by atoms with Gasteiger partial charge in [-0.3, -0.25) is 9.59 Å². The average molecular weight is 328 g/mol. The molecule has 0 spiro atoms. The number of hydrogen-bond acceptors (Lipinski definition) is 4. The van der Waals surface area contributed by atoms with Crippen LogP contribution in [0.25, 0.3) is 0 Å². The Bertz CT molecular complexity index is 689. The molecule has 3 fully saturated rings. The summed E-state index contributed by atoms with van der Waals surface area (Å²) in [5.74, 6) is 0.102. The highest BCUT2D eigenvalue weighted by Gasteiger charge is 2.64. The van der Waals surface area contributed by atoms with Crippen molar-refractivity contribution in [2.24, 2.45) is 22.7 Å². The van der Waals surface area contributed by atoms with Crippen LogP contribution in [0.3, 0.4) is 0 Å². The summed E-state index contributed by atoms with van der Waals surface area (Å²) >= 11 is 0. The zero-order valence-electron chi connectivity index (χ0n) is 14.2. The molecule has 0 unspecified atom stereocenters. The molecule has 4 nitrogen and oxygen atoms in total. The second-order valence-corrected chi connectivity index (χ2v) is 8.07. The normalized spacial score (nSPS) is 38.4. The molecule has 128 valence electrons. The molecule has 1 aromatic rings. The van der Waals surface area contributed by atoms with Gasteiger partial charge in [-0.05, 0) is 37.7 Å². The molecule has 24 heavy (non-hydrogen) atoms. The van der Waals surface area contributed by atoms with Crippen molar-refractivity contribution in [1.29, 1.82) is 0 Å². The summed E-state index contributed by atoms with van der Waals surface area (Å²) in [6, 6.07) is 1.69. The van der Waals surface area contributed by atoms with Gasteiger partial charge in [0.25, 0.3) is 0 Å². The maximum absolute atomic E-state index is 12.9. The highest BCUT2D eigenvalue weighted by atomic mass is 16.5. The van der Waals surface area contributed by atoms with Gasteiger partial charge in [0.1, 0.15) is 6.26 Å². The number of carbonyl (C=O) groups excluding carboxylic acids is 2. The van der Waals surface area contributed by atoms with Crippen LogP contribution in [0.4, 0.5) is 0 Å². The van der Waals surface area contributed by atoms with Gasteiger partial charge in [0.2, 0.25) is 0 Å². The van der Waals surface area contributed by atoms with Crippen molar-refractivity contribution < 1.29 is 18.7 Å². The molecule has 4 heteroatoms. The first-order valence-electron chi connectivity index (χ1n) is 8.88.